The van der Waals surface area contributed by atoms with E-state index in [9.17, 15) is 4.39 Å². The Morgan fingerprint density at radius 2 is 1.94 bits per heavy atom. The number of benzene rings is 2. The summed E-state index contributed by atoms with van der Waals surface area (Å²) in [5, 5.41) is 3.96. The van der Waals surface area contributed by atoms with E-state index in [-0.39, 0.29) is 18.1 Å². The van der Waals surface area contributed by atoms with Crippen molar-refractivity contribution in [1.82, 2.24) is 14.9 Å². The Balaban J connectivity index is 1.33. The molecular formula is C24H25FN4O3S. The van der Waals surface area contributed by atoms with Gasteiger partial charge in [0.1, 0.15) is 29.3 Å². The van der Waals surface area contributed by atoms with Gasteiger partial charge in [-0.15, -0.1) is 0 Å². The highest BCUT2D eigenvalue weighted by atomic mass is 32.2. The molecule has 0 radical (unpaired) electrons. The van der Waals surface area contributed by atoms with Crippen molar-refractivity contribution >= 4 is 23.4 Å². The zero-order chi connectivity index (χ0) is 23.0. The quantitative estimate of drug-likeness (QED) is 0.429. The minimum absolute atomic E-state index is 0.0838. The summed E-state index contributed by atoms with van der Waals surface area (Å²) < 4.78 is 30.0. The average Bonchev–Trinajstić information content (AvgIpc) is 3.23. The maximum absolute atomic E-state index is 13.1. The average molecular weight is 469 g/mol. The van der Waals surface area contributed by atoms with E-state index in [0.29, 0.717) is 19.1 Å². The summed E-state index contributed by atoms with van der Waals surface area (Å²) in [6, 6.07) is 15.7. The first-order chi connectivity index (χ1) is 16.1. The number of methoxy groups -OCH3 is 2. The zero-order valence-corrected chi connectivity index (χ0v) is 19.2. The number of rotatable bonds is 10. The molecule has 1 aliphatic rings. The SMILES string of the molecule is COC1C=CN(CCOc2cccc(Nc3nccc(Sc4ccc(F)cc4)n3)c2)C1OC. The van der Waals surface area contributed by atoms with Crippen LogP contribution in [-0.4, -0.2) is 54.6 Å². The van der Waals surface area contributed by atoms with E-state index in [1.54, 1.807) is 32.5 Å². The Morgan fingerprint density at radius 3 is 2.73 bits per heavy atom. The van der Waals surface area contributed by atoms with Crippen LogP contribution in [0, 0.1) is 5.82 Å². The van der Waals surface area contributed by atoms with Gasteiger partial charge in [-0.05, 0) is 48.5 Å². The van der Waals surface area contributed by atoms with Crippen LogP contribution in [0.25, 0.3) is 0 Å². The van der Waals surface area contributed by atoms with E-state index < -0.39 is 0 Å². The van der Waals surface area contributed by atoms with Crippen LogP contribution in [0.3, 0.4) is 0 Å². The number of anilines is 2. The fourth-order valence-electron chi connectivity index (χ4n) is 3.37. The highest BCUT2D eigenvalue weighted by Crippen LogP contribution is 2.27. The first-order valence-corrected chi connectivity index (χ1v) is 11.2. The highest BCUT2D eigenvalue weighted by Gasteiger charge is 2.28. The molecule has 9 heteroatoms. The van der Waals surface area contributed by atoms with Crippen LogP contribution >= 0.6 is 11.8 Å². The van der Waals surface area contributed by atoms with Crippen molar-refractivity contribution in [1.29, 1.82) is 0 Å². The first kappa shape index (κ1) is 23.0. The monoisotopic (exact) mass is 468 g/mol. The lowest BCUT2D eigenvalue weighted by atomic mass is 10.3. The summed E-state index contributed by atoms with van der Waals surface area (Å²) in [4.78, 5) is 11.8. The van der Waals surface area contributed by atoms with Gasteiger partial charge in [0.2, 0.25) is 5.95 Å². The zero-order valence-electron chi connectivity index (χ0n) is 18.3. The topological polar surface area (TPSA) is 68.7 Å². The second-order valence-corrected chi connectivity index (χ2v) is 8.28. The molecule has 0 aliphatic carbocycles. The Labute approximate surface area is 196 Å². The second kappa shape index (κ2) is 11.1. The van der Waals surface area contributed by atoms with Crippen LogP contribution in [-0.2, 0) is 9.47 Å². The van der Waals surface area contributed by atoms with E-state index in [1.807, 2.05) is 47.5 Å². The summed E-state index contributed by atoms with van der Waals surface area (Å²) >= 11 is 1.44. The molecule has 0 saturated carbocycles. The number of halogens is 1. The third-order valence-electron chi connectivity index (χ3n) is 4.96. The van der Waals surface area contributed by atoms with Gasteiger partial charge in [-0.2, -0.15) is 0 Å². The van der Waals surface area contributed by atoms with Gasteiger partial charge >= 0.3 is 0 Å². The molecule has 33 heavy (non-hydrogen) atoms. The second-order valence-electron chi connectivity index (χ2n) is 7.18. The van der Waals surface area contributed by atoms with Gasteiger partial charge in [-0.25, -0.2) is 14.4 Å². The van der Waals surface area contributed by atoms with Crippen molar-refractivity contribution in [3.05, 3.63) is 78.9 Å². The molecular weight excluding hydrogens is 443 g/mol. The van der Waals surface area contributed by atoms with Gasteiger partial charge in [0.05, 0.1) is 6.54 Å². The lowest BCUT2D eigenvalue weighted by Crippen LogP contribution is -2.39. The molecule has 4 rings (SSSR count). The van der Waals surface area contributed by atoms with Crippen LogP contribution < -0.4 is 10.1 Å². The Kier molecular flexibility index (Phi) is 7.77. The summed E-state index contributed by atoms with van der Waals surface area (Å²) in [7, 11) is 3.34. The summed E-state index contributed by atoms with van der Waals surface area (Å²) in [5.41, 5.74) is 0.812. The number of ether oxygens (including phenoxy) is 3. The predicted molar refractivity (Wildman–Crippen MR) is 125 cm³/mol. The molecule has 0 bridgehead atoms. The van der Waals surface area contributed by atoms with Gasteiger partial charge in [-0.1, -0.05) is 17.8 Å². The normalized spacial score (nSPS) is 17.4. The van der Waals surface area contributed by atoms with E-state index in [1.165, 1.54) is 23.9 Å². The number of aromatic nitrogens is 2. The van der Waals surface area contributed by atoms with Crippen molar-refractivity contribution in [2.45, 2.75) is 22.3 Å². The van der Waals surface area contributed by atoms with Crippen molar-refractivity contribution in [2.24, 2.45) is 0 Å². The maximum atomic E-state index is 13.1. The van der Waals surface area contributed by atoms with Crippen LogP contribution in [0.5, 0.6) is 5.75 Å². The van der Waals surface area contributed by atoms with Gasteiger partial charge < -0.3 is 24.4 Å². The van der Waals surface area contributed by atoms with Crippen LogP contribution in [0.1, 0.15) is 0 Å². The van der Waals surface area contributed by atoms with Gasteiger partial charge in [0.25, 0.3) is 0 Å². The van der Waals surface area contributed by atoms with Crippen LogP contribution in [0.15, 0.2) is 83.0 Å². The Hall–Kier alpha value is -3.14. The Morgan fingerprint density at radius 1 is 1.09 bits per heavy atom. The summed E-state index contributed by atoms with van der Waals surface area (Å²) in [5.74, 6) is 0.938. The molecule has 7 nitrogen and oxygen atoms in total. The molecule has 0 fully saturated rings. The third kappa shape index (κ3) is 6.22. The third-order valence-corrected chi connectivity index (χ3v) is 5.91. The van der Waals surface area contributed by atoms with E-state index in [4.69, 9.17) is 14.2 Å². The van der Waals surface area contributed by atoms with Gasteiger partial charge in [-0.3, -0.25) is 0 Å². The molecule has 3 aromatic rings. The number of hydrogen-bond donors (Lipinski definition) is 1. The largest absolute Gasteiger partial charge is 0.492 e. The van der Waals surface area contributed by atoms with E-state index >= 15 is 0 Å². The molecule has 2 atom stereocenters. The van der Waals surface area contributed by atoms with Crippen molar-refractivity contribution in [2.75, 3.05) is 32.7 Å². The van der Waals surface area contributed by atoms with Crippen LogP contribution in [0.2, 0.25) is 0 Å². The molecule has 0 spiro atoms. The Bertz CT molecular complexity index is 1080. The smallest absolute Gasteiger partial charge is 0.228 e. The highest BCUT2D eigenvalue weighted by molar-refractivity contribution is 7.99. The standard InChI is InChI=1S/C24H25FN4O3S/c1-30-21-11-13-29(23(21)31-2)14-15-32-19-5-3-4-18(16-19)27-24-26-12-10-22(28-24)33-20-8-6-17(25)7-9-20/h3-13,16,21,23H,14-15H2,1-2H3,(H,26,27,28). The maximum Gasteiger partial charge on any atom is 0.228 e. The molecule has 2 aromatic carbocycles. The lowest BCUT2D eigenvalue weighted by Gasteiger charge is -2.27. The number of nitrogens with zero attached hydrogens (tertiary/aromatic N) is 3. The fourth-order valence-corrected chi connectivity index (χ4v) is 4.15. The predicted octanol–water partition coefficient (Wildman–Crippen LogP) is 4.71. The molecule has 2 heterocycles. The molecule has 172 valence electrons. The molecule has 1 N–H and O–H groups in total. The van der Waals surface area contributed by atoms with Gasteiger partial charge in [0.15, 0.2) is 6.23 Å². The molecule has 0 saturated heterocycles. The van der Waals surface area contributed by atoms with E-state index in [0.717, 1.165) is 21.4 Å². The minimum atomic E-state index is -0.263. The molecule has 2 unspecified atom stereocenters. The van der Waals surface area contributed by atoms with E-state index in [2.05, 4.69) is 15.3 Å². The molecule has 1 aliphatic heterocycles. The van der Waals surface area contributed by atoms with Crippen molar-refractivity contribution in [3.8, 4) is 5.75 Å². The van der Waals surface area contributed by atoms with Crippen molar-refractivity contribution in [3.63, 3.8) is 0 Å². The van der Waals surface area contributed by atoms with Crippen molar-refractivity contribution < 1.29 is 18.6 Å². The van der Waals surface area contributed by atoms with Crippen LogP contribution in [0.4, 0.5) is 16.0 Å². The lowest BCUT2D eigenvalue weighted by molar-refractivity contribution is -0.0722. The molecule has 1 aromatic heterocycles. The summed E-state index contributed by atoms with van der Waals surface area (Å²) in [6.45, 7) is 1.16. The van der Waals surface area contributed by atoms with Gasteiger partial charge in [0, 0.05) is 43.3 Å². The molecule has 0 amide bonds. The number of hydrogen-bond acceptors (Lipinski definition) is 8. The number of nitrogens with one attached hydrogen (secondary N) is 1. The first-order valence-electron chi connectivity index (χ1n) is 10.4. The summed E-state index contributed by atoms with van der Waals surface area (Å²) in [6.07, 6.45) is 5.40. The fraction of sp³-hybridized carbons (Fsp3) is 0.250. The minimum Gasteiger partial charge on any atom is -0.492 e.